The first kappa shape index (κ1) is 7.87. The van der Waals surface area contributed by atoms with Crippen molar-refractivity contribution in [3.63, 3.8) is 0 Å². The van der Waals surface area contributed by atoms with Gasteiger partial charge in [0.1, 0.15) is 0 Å². The van der Waals surface area contributed by atoms with E-state index in [4.69, 9.17) is 0 Å². The maximum absolute atomic E-state index is 3.79. The SMILES string of the molecule is C=Cc1[nH]c2ccccc2c1C=C. The number of fused-ring (bicyclic) bond motifs is 1. The number of aromatic amines is 1. The number of hydrogen-bond acceptors (Lipinski definition) is 0. The molecule has 0 aliphatic carbocycles. The van der Waals surface area contributed by atoms with Gasteiger partial charge in [-0.05, 0) is 12.1 Å². The average Bonchev–Trinajstić information content (AvgIpc) is 2.55. The quantitative estimate of drug-likeness (QED) is 0.708. The van der Waals surface area contributed by atoms with Crippen molar-refractivity contribution in [1.82, 2.24) is 4.98 Å². The molecule has 0 spiro atoms. The summed E-state index contributed by atoms with van der Waals surface area (Å²) in [5.74, 6) is 0. The van der Waals surface area contributed by atoms with Crippen molar-refractivity contribution in [2.45, 2.75) is 0 Å². The lowest BCUT2D eigenvalue weighted by molar-refractivity contribution is 1.43. The van der Waals surface area contributed by atoms with Crippen molar-refractivity contribution in [2.75, 3.05) is 0 Å². The lowest BCUT2D eigenvalue weighted by atomic mass is 10.1. The van der Waals surface area contributed by atoms with Crippen LogP contribution in [0.4, 0.5) is 0 Å². The Kier molecular flexibility index (Phi) is 1.78. The Morgan fingerprint density at radius 1 is 1.08 bits per heavy atom. The average molecular weight is 169 g/mol. The van der Waals surface area contributed by atoms with E-state index in [1.807, 2.05) is 24.3 Å². The molecule has 1 heteroatoms. The Bertz CT molecular complexity index is 463. The molecule has 0 radical (unpaired) electrons. The number of benzene rings is 1. The van der Waals surface area contributed by atoms with Gasteiger partial charge in [0.25, 0.3) is 0 Å². The van der Waals surface area contributed by atoms with Crippen LogP contribution in [0.25, 0.3) is 23.1 Å². The molecule has 64 valence electrons. The summed E-state index contributed by atoms with van der Waals surface area (Å²) in [4.78, 5) is 3.28. The molecule has 0 amide bonds. The first-order valence-corrected chi connectivity index (χ1v) is 4.22. The third-order valence-corrected chi connectivity index (χ3v) is 2.18. The Morgan fingerprint density at radius 2 is 1.85 bits per heavy atom. The van der Waals surface area contributed by atoms with E-state index in [0.717, 1.165) is 16.8 Å². The van der Waals surface area contributed by atoms with Gasteiger partial charge in [-0.15, -0.1) is 0 Å². The fourth-order valence-electron chi connectivity index (χ4n) is 1.57. The van der Waals surface area contributed by atoms with Gasteiger partial charge >= 0.3 is 0 Å². The highest BCUT2D eigenvalue weighted by atomic mass is 14.7. The second-order valence-corrected chi connectivity index (χ2v) is 2.91. The minimum atomic E-state index is 1.04. The van der Waals surface area contributed by atoms with Crippen LogP contribution in [0.5, 0.6) is 0 Å². The zero-order chi connectivity index (χ0) is 9.26. The molecule has 0 bridgehead atoms. The summed E-state index contributed by atoms with van der Waals surface area (Å²) in [5.41, 5.74) is 3.30. The van der Waals surface area contributed by atoms with Gasteiger partial charge in [0, 0.05) is 22.2 Å². The highest BCUT2D eigenvalue weighted by molar-refractivity contribution is 5.92. The van der Waals surface area contributed by atoms with E-state index < -0.39 is 0 Å². The van der Waals surface area contributed by atoms with E-state index in [0.29, 0.717) is 0 Å². The predicted molar refractivity (Wildman–Crippen MR) is 58.5 cm³/mol. The smallest absolute Gasteiger partial charge is 0.0464 e. The lowest BCUT2D eigenvalue weighted by Crippen LogP contribution is -1.72. The Labute approximate surface area is 77.4 Å². The minimum absolute atomic E-state index is 1.04. The molecule has 0 aliphatic heterocycles. The standard InChI is InChI=1S/C12H11N/c1-3-9-10-7-5-6-8-12(10)13-11(9)4-2/h3-8,13H,1-2H2. The molecule has 1 heterocycles. The summed E-state index contributed by atoms with van der Waals surface area (Å²) in [6, 6.07) is 8.17. The molecule has 2 aromatic rings. The van der Waals surface area contributed by atoms with Crippen LogP contribution in [0.2, 0.25) is 0 Å². The van der Waals surface area contributed by atoms with Crippen LogP contribution >= 0.6 is 0 Å². The molecular weight excluding hydrogens is 158 g/mol. The van der Waals surface area contributed by atoms with Gasteiger partial charge < -0.3 is 4.98 Å². The topological polar surface area (TPSA) is 15.8 Å². The first-order chi connectivity index (χ1) is 6.36. The Hall–Kier alpha value is -1.76. The van der Waals surface area contributed by atoms with Crippen molar-refractivity contribution in [3.8, 4) is 0 Å². The van der Waals surface area contributed by atoms with Crippen LogP contribution in [0.15, 0.2) is 37.4 Å². The monoisotopic (exact) mass is 169 g/mol. The number of aromatic nitrogens is 1. The summed E-state index contributed by atoms with van der Waals surface area (Å²) < 4.78 is 0. The van der Waals surface area contributed by atoms with Crippen molar-refractivity contribution in [1.29, 1.82) is 0 Å². The van der Waals surface area contributed by atoms with Gasteiger partial charge in [0.05, 0.1) is 0 Å². The normalized spacial score (nSPS) is 10.2. The zero-order valence-corrected chi connectivity index (χ0v) is 7.38. The maximum Gasteiger partial charge on any atom is 0.0464 e. The van der Waals surface area contributed by atoms with Crippen LogP contribution in [-0.2, 0) is 0 Å². The second kappa shape index (κ2) is 2.94. The summed E-state index contributed by atoms with van der Waals surface area (Å²) in [6.07, 6.45) is 3.67. The van der Waals surface area contributed by atoms with Gasteiger partial charge in [-0.25, -0.2) is 0 Å². The van der Waals surface area contributed by atoms with Gasteiger partial charge in [0.2, 0.25) is 0 Å². The molecule has 1 N–H and O–H groups in total. The van der Waals surface area contributed by atoms with Gasteiger partial charge in [-0.1, -0.05) is 37.4 Å². The molecule has 0 saturated heterocycles. The van der Waals surface area contributed by atoms with E-state index in [9.17, 15) is 0 Å². The van der Waals surface area contributed by atoms with Gasteiger partial charge in [-0.3, -0.25) is 0 Å². The third-order valence-electron chi connectivity index (χ3n) is 2.18. The molecule has 0 atom stereocenters. The lowest BCUT2D eigenvalue weighted by Gasteiger charge is -1.90. The highest BCUT2D eigenvalue weighted by Crippen LogP contribution is 2.23. The molecule has 2 rings (SSSR count). The molecule has 0 aliphatic rings. The van der Waals surface area contributed by atoms with E-state index in [1.165, 1.54) is 5.39 Å². The molecule has 1 aromatic carbocycles. The first-order valence-electron chi connectivity index (χ1n) is 4.22. The molecule has 0 fully saturated rings. The van der Waals surface area contributed by atoms with Crippen LogP contribution in [0, 0.1) is 0 Å². The maximum atomic E-state index is 3.79. The molecule has 0 unspecified atom stereocenters. The van der Waals surface area contributed by atoms with Gasteiger partial charge in [-0.2, -0.15) is 0 Å². The third kappa shape index (κ3) is 1.09. The van der Waals surface area contributed by atoms with Crippen LogP contribution in [-0.4, -0.2) is 4.98 Å². The Balaban J connectivity index is 2.88. The molecule has 13 heavy (non-hydrogen) atoms. The zero-order valence-electron chi connectivity index (χ0n) is 7.38. The Morgan fingerprint density at radius 3 is 2.54 bits per heavy atom. The predicted octanol–water partition coefficient (Wildman–Crippen LogP) is 3.45. The fraction of sp³-hybridized carbons (Fsp3) is 0. The van der Waals surface area contributed by atoms with Crippen molar-refractivity contribution < 1.29 is 0 Å². The number of hydrogen-bond donors (Lipinski definition) is 1. The van der Waals surface area contributed by atoms with Crippen LogP contribution < -0.4 is 0 Å². The summed E-state index contributed by atoms with van der Waals surface area (Å²) in [7, 11) is 0. The van der Waals surface area contributed by atoms with Crippen LogP contribution in [0.1, 0.15) is 11.3 Å². The second-order valence-electron chi connectivity index (χ2n) is 2.91. The number of rotatable bonds is 2. The fourth-order valence-corrected chi connectivity index (χ4v) is 1.57. The van der Waals surface area contributed by atoms with E-state index in [1.54, 1.807) is 0 Å². The molecule has 1 nitrogen and oxygen atoms in total. The van der Waals surface area contributed by atoms with Crippen molar-refractivity contribution in [3.05, 3.63) is 48.7 Å². The summed E-state index contributed by atoms with van der Waals surface area (Å²) >= 11 is 0. The van der Waals surface area contributed by atoms with Crippen molar-refractivity contribution in [2.24, 2.45) is 0 Å². The van der Waals surface area contributed by atoms with Crippen molar-refractivity contribution >= 4 is 23.1 Å². The number of nitrogens with one attached hydrogen (secondary N) is 1. The van der Waals surface area contributed by atoms with E-state index in [-0.39, 0.29) is 0 Å². The largest absolute Gasteiger partial charge is 0.355 e. The molecular formula is C12H11N. The highest BCUT2D eigenvalue weighted by Gasteiger charge is 2.03. The minimum Gasteiger partial charge on any atom is -0.355 e. The van der Waals surface area contributed by atoms with Gasteiger partial charge in [0.15, 0.2) is 0 Å². The summed E-state index contributed by atoms with van der Waals surface area (Å²) in [6.45, 7) is 7.55. The molecule has 1 aromatic heterocycles. The summed E-state index contributed by atoms with van der Waals surface area (Å²) in [5, 5.41) is 1.20. The van der Waals surface area contributed by atoms with Crippen LogP contribution in [0.3, 0.4) is 0 Å². The molecule has 0 saturated carbocycles. The number of para-hydroxylation sites is 1. The number of H-pyrrole nitrogens is 1. The van der Waals surface area contributed by atoms with E-state index >= 15 is 0 Å². The van der Waals surface area contributed by atoms with E-state index in [2.05, 4.69) is 30.3 Å².